The Balaban J connectivity index is 2.74. The third-order valence-electron chi connectivity index (χ3n) is 4.69. The summed E-state index contributed by atoms with van der Waals surface area (Å²) in [7, 11) is -1.76. The Kier molecular flexibility index (Phi) is 4.63. The molecular weight excluding hydrogens is 296 g/mol. The molecule has 0 radical (unpaired) electrons. The summed E-state index contributed by atoms with van der Waals surface area (Å²) in [5.41, 5.74) is 3.39. The number of thiazole rings is 1. The number of nitrogens with zero attached hydrogens (tertiary/aromatic N) is 2. The first-order chi connectivity index (χ1) is 9.85. The molecule has 114 valence electrons. The van der Waals surface area contributed by atoms with Gasteiger partial charge in [0.2, 0.25) is 0 Å². The molecule has 0 unspecified atom stereocenters. The van der Waals surface area contributed by atoms with E-state index in [1.165, 1.54) is 4.63 Å². The first-order valence-electron chi connectivity index (χ1n) is 7.55. The number of aromatic nitrogens is 2. The molecule has 3 nitrogen and oxygen atoms in total. The molecule has 2 aromatic rings. The lowest BCUT2D eigenvalue weighted by Gasteiger charge is -2.41. The second-order valence-electron chi connectivity index (χ2n) is 6.61. The van der Waals surface area contributed by atoms with E-state index in [1.807, 2.05) is 0 Å². The fraction of sp³-hybridized carbons (Fsp3) is 0.562. The van der Waals surface area contributed by atoms with Gasteiger partial charge in [-0.25, -0.2) is 4.98 Å². The van der Waals surface area contributed by atoms with Crippen molar-refractivity contribution in [3.05, 3.63) is 18.0 Å². The Morgan fingerprint density at radius 1 is 1.05 bits per heavy atom. The summed E-state index contributed by atoms with van der Waals surface area (Å²) >= 11 is 1.72. The first kappa shape index (κ1) is 16.3. The molecule has 0 N–H and O–H groups in total. The van der Waals surface area contributed by atoms with Crippen LogP contribution in [0.3, 0.4) is 0 Å². The fourth-order valence-electron chi connectivity index (χ4n) is 3.88. The van der Waals surface area contributed by atoms with Crippen LogP contribution in [0.1, 0.15) is 51.9 Å². The summed E-state index contributed by atoms with van der Waals surface area (Å²) in [6, 6.07) is 0. The Morgan fingerprint density at radius 2 is 1.62 bits per heavy atom. The highest BCUT2D eigenvalue weighted by Crippen LogP contribution is 2.42. The molecule has 0 aliphatic heterocycles. The van der Waals surface area contributed by atoms with Gasteiger partial charge < -0.3 is 0 Å². The van der Waals surface area contributed by atoms with E-state index < -0.39 is 8.07 Å². The van der Waals surface area contributed by atoms with E-state index in [4.69, 9.17) is 4.98 Å². The quantitative estimate of drug-likeness (QED) is 0.606. The minimum absolute atomic E-state index is 0.616. The molecule has 2 aromatic heterocycles. The molecule has 0 saturated heterocycles. The van der Waals surface area contributed by atoms with Crippen molar-refractivity contribution in [3.8, 4) is 0 Å². The largest absolute Gasteiger partial charge is 0.298 e. The van der Waals surface area contributed by atoms with Gasteiger partial charge in [-0.1, -0.05) is 41.5 Å². The van der Waals surface area contributed by atoms with Crippen molar-refractivity contribution in [1.29, 1.82) is 0 Å². The topological polar surface area (TPSA) is 42.9 Å². The number of carbonyl (C=O) groups is 1. The van der Waals surface area contributed by atoms with E-state index in [9.17, 15) is 4.79 Å². The van der Waals surface area contributed by atoms with Crippen molar-refractivity contribution in [2.24, 2.45) is 0 Å². The van der Waals surface area contributed by atoms with Crippen molar-refractivity contribution in [3.63, 3.8) is 0 Å². The predicted octanol–water partition coefficient (Wildman–Crippen LogP) is 4.39. The Labute approximate surface area is 131 Å². The standard InChI is InChI=1S/C16H24N2OSSi/c1-10(2)21(11(3)4,12(5)6)16-18-14-8-17-7-13(9-19)15(14)20-16/h7-12H,1-6H3. The lowest BCUT2D eigenvalue weighted by Crippen LogP contribution is -2.55. The van der Waals surface area contributed by atoms with Crippen LogP contribution in [0.15, 0.2) is 12.4 Å². The van der Waals surface area contributed by atoms with Gasteiger partial charge in [0.05, 0.1) is 21.1 Å². The molecule has 0 aliphatic rings. The monoisotopic (exact) mass is 320 g/mol. The smallest absolute Gasteiger partial charge is 0.153 e. The van der Waals surface area contributed by atoms with Crippen LogP contribution in [0, 0.1) is 0 Å². The molecule has 0 saturated carbocycles. The van der Waals surface area contributed by atoms with Gasteiger partial charge in [-0.05, 0) is 16.6 Å². The molecule has 0 fully saturated rings. The zero-order valence-electron chi connectivity index (χ0n) is 13.7. The summed E-state index contributed by atoms with van der Waals surface area (Å²) in [5.74, 6) is 0. The van der Waals surface area contributed by atoms with E-state index in [0.29, 0.717) is 22.2 Å². The molecule has 21 heavy (non-hydrogen) atoms. The van der Waals surface area contributed by atoms with E-state index in [0.717, 1.165) is 16.5 Å². The van der Waals surface area contributed by atoms with Gasteiger partial charge in [0.15, 0.2) is 6.29 Å². The molecule has 2 heterocycles. The molecule has 0 aliphatic carbocycles. The minimum atomic E-state index is -1.76. The van der Waals surface area contributed by atoms with Crippen molar-refractivity contribution >= 4 is 40.5 Å². The van der Waals surface area contributed by atoms with Crippen LogP contribution >= 0.6 is 11.3 Å². The van der Waals surface area contributed by atoms with Crippen LogP contribution in [0.5, 0.6) is 0 Å². The normalized spacial score (nSPS) is 12.8. The molecule has 0 aromatic carbocycles. The van der Waals surface area contributed by atoms with Gasteiger partial charge in [-0.15, -0.1) is 11.3 Å². The highest BCUT2D eigenvalue weighted by atomic mass is 32.1. The maximum absolute atomic E-state index is 11.2. The second kappa shape index (κ2) is 5.97. The molecule has 0 amide bonds. The van der Waals surface area contributed by atoms with Gasteiger partial charge >= 0.3 is 0 Å². The van der Waals surface area contributed by atoms with E-state index >= 15 is 0 Å². The number of fused-ring (bicyclic) bond motifs is 1. The number of aldehydes is 1. The Bertz CT molecular complexity index is 627. The van der Waals surface area contributed by atoms with Gasteiger partial charge in [0.25, 0.3) is 0 Å². The third kappa shape index (κ3) is 2.46. The van der Waals surface area contributed by atoms with Crippen LogP contribution in [0.25, 0.3) is 10.2 Å². The van der Waals surface area contributed by atoms with E-state index in [-0.39, 0.29) is 0 Å². The first-order valence-corrected chi connectivity index (χ1v) is 10.6. The maximum atomic E-state index is 11.2. The van der Waals surface area contributed by atoms with Gasteiger partial charge in [0, 0.05) is 6.20 Å². The van der Waals surface area contributed by atoms with Crippen LogP contribution in [0.4, 0.5) is 0 Å². The summed E-state index contributed by atoms with van der Waals surface area (Å²) in [5, 5.41) is 0. The minimum Gasteiger partial charge on any atom is -0.298 e. The zero-order chi connectivity index (χ0) is 15.8. The highest BCUT2D eigenvalue weighted by molar-refractivity contribution is 7.31. The Morgan fingerprint density at radius 3 is 2.10 bits per heavy atom. The molecule has 2 rings (SSSR count). The lowest BCUT2D eigenvalue weighted by molar-refractivity contribution is 0.112. The molecule has 5 heteroatoms. The summed E-state index contributed by atoms with van der Waals surface area (Å²) in [6.07, 6.45) is 4.31. The van der Waals surface area contributed by atoms with Gasteiger partial charge in [0.1, 0.15) is 13.6 Å². The molecular formula is C16H24N2OSSi. The van der Waals surface area contributed by atoms with Crippen molar-refractivity contribution in [2.45, 2.75) is 58.2 Å². The SMILES string of the molecule is CC(C)[Si](c1nc2cncc(C=O)c2s1)(C(C)C)C(C)C. The second-order valence-corrected chi connectivity index (χ2v) is 13.8. The van der Waals surface area contributed by atoms with Crippen LogP contribution in [-0.2, 0) is 0 Å². The number of carbonyl (C=O) groups excluding carboxylic acids is 1. The molecule has 0 atom stereocenters. The average molecular weight is 321 g/mol. The number of hydrogen-bond acceptors (Lipinski definition) is 4. The average Bonchev–Trinajstić information content (AvgIpc) is 2.81. The lowest BCUT2D eigenvalue weighted by atomic mass is 10.3. The van der Waals surface area contributed by atoms with E-state index in [2.05, 4.69) is 46.5 Å². The zero-order valence-corrected chi connectivity index (χ0v) is 15.5. The summed E-state index contributed by atoms with van der Waals surface area (Å²) < 4.78 is 2.27. The Hall–Kier alpha value is -1.07. The van der Waals surface area contributed by atoms with Crippen molar-refractivity contribution in [1.82, 2.24) is 9.97 Å². The number of rotatable bonds is 5. The van der Waals surface area contributed by atoms with Crippen LogP contribution in [-0.4, -0.2) is 24.3 Å². The third-order valence-corrected chi connectivity index (χ3v) is 13.6. The number of pyridine rings is 1. The number of hydrogen-bond donors (Lipinski definition) is 0. The van der Waals surface area contributed by atoms with E-state index in [1.54, 1.807) is 23.7 Å². The maximum Gasteiger partial charge on any atom is 0.153 e. The van der Waals surface area contributed by atoms with Crippen molar-refractivity contribution in [2.75, 3.05) is 0 Å². The fourth-order valence-corrected chi connectivity index (χ4v) is 13.6. The summed E-state index contributed by atoms with van der Waals surface area (Å²) in [6.45, 7) is 14.0. The predicted molar refractivity (Wildman–Crippen MR) is 93.5 cm³/mol. The molecule has 0 bridgehead atoms. The van der Waals surface area contributed by atoms with Gasteiger partial charge in [-0.2, -0.15) is 0 Å². The van der Waals surface area contributed by atoms with Crippen molar-refractivity contribution < 1.29 is 4.79 Å². The highest BCUT2D eigenvalue weighted by Gasteiger charge is 2.47. The van der Waals surface area contributed by atoms with Crippen LogP contribution in [0.2, 0.25) is 16.6 Å². The van der Waals surface area contributed by atoms with Crippen LogP contribution < -0.4 is 4.63 Å². The summed E-state index contributed by atoms with van der Waals surface area (Å²) in [4.78, 5) is 20.3. The molecule has 0 spiro atoms. The van der Waals surface area contributed by atoms with Gasteiger partial charge in [-0.3, -0.25) is 9.78 Å².